The number of rotatable bonds is 10. The Morgan fingerprint density at radius 3 is 2.67 bits per heavy atom. The van der Waals surface area contributed by atoms with Crippen molar-refractivity contribution in [1.82, 2.24) is 15.6 Å². The van der Waals surface area contributed by atoms with Gasteiger partial charge in [-0.2, -0.15) is 0 Å². The molecule has 6 nitrogen and oxygen atoms in total. The summed E-state index contributed by atoms with van der Waals surface area (Å²) in [5, 5.41) is 6.74. The number of pyridine rings is 1. The zero-order valence-electron chi connectivity index (χ0n) is 16.7. The van der Waals surface area contributed by atoms with E-state index < -0.39 is 0 Å². The van der Waals surface area contributed by atoms with Crippen molar-refractivity contribution in [2.45, 2.75) is 51.5 Å². The molecule has 1 aliphatic carbocycles. The van der Waals surface area contributed by atoms with Crippen molar-refractivity contribution in [2.24, 2.45) is 10.9 Å². The van der Waals surface area contributed by atoms with Gasteiger partial charge in [-0.1, -0.05) is 38.2 Å². The molecule has 2 N–H and O–H groups in total. The number of guanidine groups is 1. The smallest absolute Gasteiger partial charge is 0.213 e. The molecule has 0 unspecified atom stereocenters. The molecule has 1 aromatic heterocycles. The molecule has 0 radical (unpaired) electrons. The van der Waals surface area contributed by atoms with Gasteiger partial charge in [0.15, 0.2) is 5.96 Å². The van der Waals surface area contributed by atoms with Crippen LogP contribution in [0.25, 0.3) is 0 Å². The standard InChI is InChI=1S/C20H34N4O2.HI/c1-21-20(22-12-6-9-17-7-4-3-5-8-17)24-16-18-10-11-19(23-15-18)26-14-13-25-2;/h10-11,15,17H,3-9,12-14,16H2,1-2H3,(H2,21,22,24);1H. The summed E-state index contributed by atoms with van der Waals surface area (Å²) in [5.41, 5.74) is 1.09. The zero-order valence-corrected chi connectivity index (χ0v) is 19.0. The van der Waals surface area contributed by atoms with Crippen LogP contribution in [0.4, 0.5) is 0 Å². The fourth-order valence-electron chi connectivity index (χ4n) is 3.31. The fraction of sp³-hybridized carbons (Fsp3) is 0.700. The number of nitrogens with one attached hydrogen (secondary N) is 2. The normalized spacial score (nSPS) is 15.1. The van der Waals surface area contributed by atoms with Crippen LogP contribution in [0.1, 0.15) is 50.5 Å². The minimum Gasteiger partial charge on any atom is -0.475 e. The van der Waals surface area contributed by atoms with Crippen molar-refractivity contribution in [3.05, 3.63) is 23.9 Å². The zero-order chi connectivity index (χ0) is 18.5. The highest BCUT2D eigenvalue weighted by molar-refractivity contribution is 14.0. The minimum atomic E-state index is 0. The summed E-state index contributed by atoms with van der Waals surface area (Å²) >= 11 is 0. The largest absolute Gasteiger partial charge is 0.475 e. The second kappa shape index (κ2) is 14.9. The van der Waals surface area contributed by atoms with Gasteiger partial charge >= 0.3 is 0 Å². The average Bonchev–Trinajstić information content (AvgIpc) is 2.69. The molecule has 154 valence electrons. The maximum absolute atomic E-state index is 5.47. The van der Waals surface area contributed by atoms with Crippen molar-refractivity contribution in [3.8, 4) is 5.88 Å². The SMILES string of the molecule is CN=C(NCCCC1CCCCC1)NCc1ccc(OCCOC)nc1.I. The van der Waals surface area contributed by atoms with E-state index in [-0.39, 0.29) is 24.0 Å². The van der Waals surface area contributed by atoms with E-state index in [9.17, 15) is 0 Å². The number of methoxy groups -OCH3 is 1. The third kappa shape index (κ3) is 10.1. The highest BCUT2D eigenvalue weighted by atomic mass is 127. The van der Waals surface area contributed by atoms with Gasteiger partial charge in [-0.15, -0.1) is 24.0 Å². The molecule has 1 saturated carbocycles. The monoisotopic (exact) mass is 490 g/mol. The Balaban J connectivity index is 0.00000364. The van der Waals surface area contributed by atoms with Crippen LogP contribution >= 0.6 is 24.0 Å². The van der Waals surface area contributed by atoms with Crippen LogP contribution in [0.2, 0.25) is 0 Å². The third-order valence-corrected chi connectivity index (χ3v) is 4.82. The van der Waals surface area contributed by atoms with Crippen LogP contribution in [0.5, 0.6) is 5.88 Å². The fourth-order valence-corrected chi connectivity index (χ4v) is 3.31. The van der Waals surface area contributed by atoms with Crippen LogP contribution in [0, 0.1) is 5.92 Å². The Labute approximate surface area is 180 Å². The third-order valence-electron chi connectivity index (χ3n) is 4.82. The molecule has 0 saturated heterocycles. The van der Waals surface area contributed by atoms with E-state index in [2.05, 4.69) is 20.6 Å². The first kappa shape index (κ1) is 23.9. The van der Waals surface area contributed by atoms with Crippen LogP contribution in [-0.2, 0) is 11.3 Å². The van der Waals surface area contributed by atoms with E-state index >= 15 is 0 Å². The van der Waals surface area contributed by atoms with Gasteiger partial charge in [0, 0.05) is 39.5 Å². The van der Waals surface area contributed by atoms with E-state index in [1.165, 1.54) is 44.9 Å². The topological polar surface area (TPSA) is 67.8 Å². The molecular formula is C20H35IN4O2. The lowest BCUT2D eigenvalue weighted by Gasteiger charge is -2.21. The van der Waals surface area contributed by atoms with E-state index in [4.69, 9.17) is 9.47 Å². The van der Waals surface area contributed by atoms with Gasteiger partial charge in [-0.25, -0.2) is 4.98 Å². The summed E-state index contributed by atoms with van der Waals surface area (Å²) in [5.74, 6) is 2.40. The highest BCUT2D eigenvalue weighted by Crippen LogP contribution is 2.26. The van der Waals surface area contributed by atoms with Gasteiger partial charge in [-0.05, 0) is 24.3 Å². The van der Waals surface area contributed by atoms with Gasteiger partial charge in [0.2, 0.25) is 5.88 Å². The van der Waals surface area contributed by atoms with Crippen LogP contribution in [-0.4, -0.2) is 44.9 Å². The molecule has 1 aliphatic rings. The number of aliphatic imine (C=N–C) groups is 1. The molecule has 27 heavy (non-hydrogen) atoms. The summed E-state index contributed by atoms with van der Waals surface area (Å²) in [6.07, 6.45) is 11.5. The number of nitrogens with zero attached hydrogens (tertiary/aromatic N) is 2. The molecule has 0 atom stereocenters. The quantitative estimate of drug-likeness (QED) is 0.226. The molecule has 0 aromatic carbocycles. The van der Waals surface area contributed by atoms with Crippen molar-refractivity contribution < 1.29 is 9.47 Å². The van der Waals surface area contributed by atoms with E-state index in [0.29, 0.717) is 25.6 Å². The van der Waals surface area contributed by atoms with Crippen molar-refractivity contribution in [2.75, 3.05) is 33.9 Å². The molecule has 0 bridgehead atoms. The summed E-state index contributed by atoms with van der Waals surface area (Å²) in [7, 11) is 3.46. The lowest BCUT2D eigenvalue weighted by Crippen LogP contribution is -2.37. The summed E-state index contributed by atoms with van der Waals surface area (Å²) in [6, 6.07) is 3.89. The first-order valence-corrected chi connectivity index (χ1v) is 9.83. The second-order valence-corrected chi connectivity index (χ2v) is 6.84. The first-order valence-electron chi connectivity index (χ1n) is 9.83. The lowest BCUT2D eigenvalue weighted by molar-refractivity contribution is 0.143. The molecule has 1 fully saturated rings. The maximum Gasteiger partial charge on any atom is 0.213 e. The number of ether oxygens (including phenoxy) is 2. The van der Waals surface area contributed by atoms with Crippen LogP contribution in [0.15, 0.2) is 23.3 Å². The molecule has 0 spiro atoms. The Morgan fingerprint density at radius 2 is 2.00 bits per heavy atom. The van der Waals surface area contributed by atoms with Crippen molar-refractivity contribution in [1.29, 1.82) is 0 Å². The maximum atomic E-state index is 5.47. The number of aromatic nitrogens is 1. The highest BCUT2D eigenvalue weighted by Gasteiger charge is 2.12. The molecule has 7 heteroatoms. The van der Waals surface area contributed by atoms with E-state index in [0.717, 1.165) is 24.0 Å². The predicted molar refractivity (Wildman–Crippen MR) is 121 cm³/mol. The molecule has 1 aromatic rings. The van der Waals surface area contributed by atoms with Gasteiger partial charge in [0.25, 0.3) is 0 Å². The van der Waals surface area contributed by atoms with Crippen LogP contribution < -0.4 is 15.4 Å². The van der Waals surface area contributed by atoms with Gasteiger partial charge in [-0.3, -0.25) is 4.99 Å². The average molecular weight is 490 g/mol. The number of halogens is 1. The summed E-state index contributed by atoms with van der Waals surface area (Å²) < 4.78 is 10.4. The van der Waals surface area contributed by atoms with Gasteiger partial charge < -0.3 is 20.1 Å². The second-order valence-electron chi connectivity index (χ2n) is 6.84. The van der Waals surface area contributed by atoms with Crippen LogP contribution in [0.3, 0.4) is 0 Å². The Bertz CT molecular complexity index is 519. The summed E-state index contributed by atoms with van der Waals surface area (Å²) in [4.78, 5) is 8.59. The Morgan fingerprint density at radius 1 is 1.19 bits per heavy atom. The number of hydrogen-bond acceptors (Lipinski definition) is 4. The molecule has 1 heterocycles. The van der Waals surface area contributed by atoms with Crippen molar-refractivity contribution >= 4 is 29.9 Å². The first-order chi connectivity index (χ1) is 12.8. The molecule has 2 rings (SSSR count). The van der Waals surface area contributed by atoms with E-state index in [1.807, 2.05) is 25.4 Å². The molecular weight excluding hydrogens is 455 g/mol. The van der Waals surface area contributed by atoms with Gasteiger partial charge in [0.05, 0.1) is 6.61 Å². The molecule has 0 aliphatic heterocycles. The van der Waals surface area contributed by atoms with E-state index in [1.54, 1.807) is 7.11 Å². The minimum absolute atomic E-state index is 0. The van der Waals surface area contributed by atoms with Gasteiger partial charge in [0.1, 0.15) is 6.61 Å². The molecule has 0 amide bonds. The lowest BCUT2D eigenvalue weighted by atomic mass is 9.86. The Kier molecular flexibility index (Phi) is 13.2. The number of hydrogen-bond donors (Lipinski definition) is 2. The summed E-state index contributed by atoms with van der Waals surface area (Å²) in [6.45, 7) is 2.74. The predicted octanol–water partition coefficient (Wildman–Crippen LogP) is 3.75. The van der Waals surface area contributed by atoms with Crippen molar-refractivity contribution in [3.63, 3.8) is 0 Å². The Hall–Kier alpha value is -1.09.